The lowest BCUT2D eigenvalue weighted by Gasteiger charge is -2.34. The number of sulfonamides is 1. The van der Waals surface area contributed by atoms with Crippen LogP contribution in [0.4, 0.5) is 4.79 Å². The summed E-state index contributed by atoms with van der Waals surface area (Å²) in [6.45, 7) is 3.76. The maximum Gasteiger partial charge on any atom is 0.317 e. The van der Waals surface area contributed by atoms with Crippen LogP contribution in [-0.4, -0.2) is 68.5 Å². The van der Waals surface area contributed by atoms with Crippen LogP contribution in [0.15, 0.2) is 47.5 Å². The van der Waals surface area contributed by atoms with Gasteiger partial charge in [0.2, 0.25) is 15.9 Å². The number of aromatic nitrogens is 1. The summed E-state index contributed by atoms with van der Waals surface area (Å²) in [5.74, 6) is 1.09. The molecule has 1 aliphatic heterocycles. The second-order valence-corrected chi connectivity index (χ2v) is 8.56. The molecule has 3 rings (SSSR count). The molecule has 1 aromatic carbocycles. The molecule has 1 fully saturated rings. The van der Waals surface area contributed by atoms with Gasteiger partial charge in [0.25, 0.3) is 0 Å². The molecule has 1 aliphatic rings. The van der Waals surface area contributed by atoms with E-state index in [9.17, 15) is 13.2 Å². The highest BCUT2D eigenvalue weighted by Crippen LogP contribution is 2.21. The minimum atomic E-state index is -3.61. The summed E-state index contributed by atoms with van der Waals surface area (Å²) in [6.07, 6.45) is 1.62. The number of hydrogen-bond donors (Lipinski definition) is 1. The van der Waals surface area contributed by atoms with E-state index in [0.717, 1.165) is 5.56 Å². The van der Waals surface area contributed by atoms with Crippen LogP contribution in [0.1, 0.15) is 12.5 Å². The van der Waals surface area contributed by atoms with Crippen molar-refractivity contribution in [3.8, 4) is 11.6 Å². The number of nitrogens with zero attached hydrogens (tertiary/aromatic N) is 3. The average molecular weight is 435 g/mol. The molecule has 2 amide bonds. The second kappa shape index (κ2) is 9.77. The van der Waals surface area contributed by atoms with Gasteiger partial charge in [0.05, 0.1) is 18.6 Å². The number of ether oxygens (including phenoxy) is 2. The summed E-state index contributed by atoms with van der Waals surface area (Å²) in [5.41, 5.74) is 0.769. The third-order valence-electron chi connectivity index (χ3n) is 4.77. The number of benzene rings is 1. The highest BCUT2D eigenvalue weighted by Gasteiger charge is 2.30. The van der Waals surface area contributed by atoms with Gasteiger partial charge in [-0.15, -0.1) is 0 Å². The number of amides is 2. The molecule has 0 aliphatic carbocycles. The predicted molar refractivity (Wildman–Crippen MR) is 111 cm³/mol. The van der Waals surface area contributed by atoms with Crippen molar-refractivity contribution >= 4 is 16.1 Å². The lowest BCUT2D eigenvalue weighted by molar-refractivity contribution is 0.172. The fraction of sp³-hybridized carbons (Fsp3) is 0.400. The first-order chi connectivity index (χ1) is 14.5. The Hall–Kier alpha value is -2.85. The van der Waals surface area contributed by atoms with Crippen molar-refractivity contribution in [3.05, 3.63) is 48.2 Å². The smallest absolute Gasteiger partial charge is 0.317 e. The zero-order valence-corrected chi connectivity index (χ0v) is 17.9. The summed E-state index contributed by atoms with van der Waals surface area (Å²) >= 11 is 0. The molecule has 10 heteroatoms. The Labute approximate surface area is 176 Å². The quantitative estimate of drug-likeness (QED) is 0.712. The average Bonchev–Trinajstić information content (AvgIpc) is 2.78. The normalized spacial score (nSPS) is 14.9. The Morgan fingerprint density at radius 1 is 1.13 bits per heavy atom. The van der Waals surface area contributed by atoms with Gasteiger partial charge in [-0.2, -0.15) is 4.31 Å². The Balaban J connectivity index is 1.55. The van der Waals surface area contributed by atoms with E-state index in [1.807, 2.05) is 13.0 Å². The van der Waals surface area contributed by atoms with Gasteiger partial charge in [-0.3, -0.25) is 0 Å². The molecule has 2 aromatic rings. The number of carbonyl (C=O) groups is 1. The van der Waals surface area contributed by atoms with Crippen molar-refractivity contribution in [2.24, 2.45) is 0 Å². The molecule has 2 heterocycles. The monoisotopic (exact) mass is 434 g/mol. The molecule has 162 valence electrons. The fourth-order valence-corrected chi connectivity index (χ4v) is 4.60. The topological polar surface area (TPSA) is 101 Å². The number of carbonyl (C=O) groups excluding carboxylic acids is 1. The van der Waals surface area contributed by atoms with Crippen molar-refractivity contribution < 1.29 is 22.7 Å². The summed E-state index contributed by atoms with van der Waals surface area (Å²) in [4.78, 5) is 18.4. The predicted octanol–water partition coefficient (Wildman–Crippen LogP) is 1.70. The largest absolute Gasteiger partial charge is 0.494 e. The molecular weight excluding hydrogens is 408 g/mol. The zero-order valence-electron chi connectivity index (χ0n) is 17.1. The van der Waals surface area contributed by atoms with Gasteiger partial charge in [-0.1, -0.05) is 6.07 Å². The highest BCUT2D eigenvalue weighted by molar-refractivity contribution is 7.89. The van der Waals surface area contributed by atoms with Crippen molar-refractivity contribution in [3.63, 3.8) is 0 Å². The third kappa shape index (κ3) is 5.00. The first-order valence-corrected chi connectivity index (χ1v) is 11.1. The maximum atomic E-state index is 12.9. The van der Waals surface area contributed by atoms with E-state index in [2.05, 4.69) is 10.3 Å². The van der Waals surface area contributed by atoms with Crippen LogP contribution in [0.5, 0.6) is 11.6 Å². The fourth-order valence-electron chi connectivity index (χ4n) is 3.18. The van der Waals surface area contributed by atoms with E-state index in [1.165, 1.54) is 11.4 Å². The first-order valence-electron chi connectivity index (χ1n) is 9.69. The number of nitrogens with one attached hydrogen (secondary N) is 1. The SMILES string of the molecule is CCOc1ccc(S(=O)(=O)N2CCN(C(=O)NCc3cccnc3OC)CC2)cc1. The van der Waals surface area contributed by atoms with Gasteiger partial charge in [0, 0.05) is 44.5 Å². The molecule has 0 unspecified atom stereocenters. The summed E-state index contributed by atoms with van der Waals surface area (Å²) in [6, 6.07) is 9.72. The molecule has 0 bridgehead atoms. The van der Waals surface area contributed by atoms with Crippen molar-refractivity contribution in [1.29, 1.82) is 0 Å². The summed E-state index contributed by atoms with van der Waals surface area (Å²) in [7, 11) is -2.09. The van der Waals surface area contributed by atoms with E-state index in [-0.39, 0.29) is 30.6 Å². The first kappa shape index (κ1) is 21.8. The standard InChI is InChI=1S/C20H26N4O5S/c1-3-29-17-6-8-18(9-7-17)30(26,27)24-13-11-23(12-14-24)20(25)22-15-16-5-4-10-21-19(16)28-2/h4-10H,3,11-15H2,1-2H3,(H,22,25). The number of urea groups is 1. The van der Waals surface area contributed by atoms with Gasteiger partial charge >= 0.3 is 6.03 Å². The van der Waals surface area contributed by atoms with Gasteiger partial charge in [0.15, 0.2) is 0 Å². The Morgan fingerprint density at radius 2 is 1.83 bits per heavy atom. The van der Waals surface area contributed by atoms with Crippen LogP contribution in [0.25, 0.3) is 0 Å². The van der Waals surface area contributed by atoms with E-state index >= 15 is 0 Å². The van der Waals surface area contributed by atoms with Crippen molar-refractivity contribution in [2.45, 2.75) is 18.4 Å². The van der Waals surface area contributed by atoms with Crippen LogP contribution < -0.4 is 14.8 Å². The molecule has 30 heavy (non-hydrogen) atoms. The minimum Gasteiger partial charge on any atom is -0.494 e. The lowest BCUT2D eigenvalue weighted by atomic mass is 10.2. The molecule has 1 saturated heterocycles. The van der Waals surface area contributed by atoms with Crippen molar-refractivity contribution in [2.75, 3.05) is 39.9 Å². The van der Waals surface area contributed by atoms with Gasteiger partial charge < -0.3 is 19.7 Å². The Bertz CT molecular complexity index is 957. The number of methoxy groups -OCH3 is 1. The molecular formula is C20H26N4O5S. The second-order valence-electron chi connectivity index (χ2n) is 6.63. The van der Waals surface area contributed by atoms with E-state index in [0.29, 0.717) is 31.3 Å². The minimum absolute atomic E-state index is 0.215. The number of piperazine rings is 1. The lowest BCUT2D eigenvalue weighted by Crippen LogP contribution is -2.52. The molecule has 0 radical (unpaired) electrons. The summed E-state index contributed by atoms with van der Waals surface area (Å²) < 4.78 is 37.7. The van der Waals surface area contributed by atoms with Crippen LogP contribution in [-0.2, 0) is 16.6 Å². The highest BCUT2D eigenvalue weighted by atomic mass is 32.2. The number of rotatable bonds is 7. The van der Waals surface area contributed by atoms with Gasteiger partial charge in [-0.05, 0) is 37.3 Å². The van der Waals surface area contributed by atoms with Crippen LogP contribution >= 0.6 is 0 Å². The Kier molecular flexibility index (Phi) is 7.11. The summed E-state index contributed by atoms with van der Waals surface area (Å²) in [5, 5.41) is 2.83. The maximum absolute atomic E-state index is 12.9. The molecule has 9 nitrogen and oxygen atoms in total. The Morgan fingerprint density at radius 3 is 2.47 bits per heavy atom. The number of hydrogen-bond acceptors (Lipinski definition) is 6. The van der Waals surface area contributed by atoms with Crippen LogP contribution in [0.2, 0.25) is 0 Å². The molecule has 0 atom stereocenters. The molecule has 0 saturated carbocycles. The zero-order chi connectivity index (χ0) is 21.6. The molecule has 0 spiro atoms. The van der Waals surface area contributed by atoms with E-state index < -0.39 is 10.0 Å². The van der Waals surface area contributed by atoms with Crippen LogP contribution in [0, 0.1) is 0 Å². The van der Waals surface area contributed by atoms with Crippen molar-refractivity contribution in [1.82, 2.24) is 19.5 Å². The van der Waals surface area contributed by atoms with E-state index in [4.69, 9.17) is 9.47 Å². The number of pyridine rings is 1. The molecule has 1 N–H and O–H groups in total. The third-order valence-corrected chi connectivity index (χ3v) is 6.68. The van der Waals surface area contributed by atoms with Gasteiger partial charge in [-0.25, -0.2) is 18.2 Å². The molecule has 1 aromatic heterocycles. The van der Waals surface area contributed by atoms with Crippen LogP contribution in [0.3, 0.4) is 0 Å². The van der Waals surface area contributed by atoms with E-state index in [1.54, 1.807) is 41.4 Å². The van der Waals surface area contributed by atoms with Gasteiger partial charge in [0.1, 0.15) is 5.75 Å².